The Bertz CT molecular complexity index is 2320. The summed E-state index contributed by atoms with van der Waals surface area (Å²) in [6.45, 7) is 6.04. The molecule has 1 aliphatic carbocycles. The van der Waals surface area contributed by atoms with E-state index in [1.807, 2.05) is 66.2 Å². The zero-order valence-electron chi connectivity index (χ0n) is 32.5. The molecule has 296 valence electrons. The van der Waals surface area contributed by atoms with Crippen molar-refractivity contribution in [2.75, 3.05) is 25.0 Å². The summed E-state index contributed by atoms with van der Waals surface area (Å²) in [5.74, 6) is -0.00170. The van der Waals surface area contributed by atoms with Crippen LogP contribution in [0.15, 0.2) is 59.5 Å². The SMILES string of the molecule is C[C@@H]1Cc2c([nH]c3ccccc23)[C@@H](c2c(F)cc(OCCCCCNc3c(Br)c(C4CCCCC4)nc4c(-c5cnn(C)c5)cnn34)cc2F)N1CC(C)(C)F. The number of aryl methyl sites for hydroxylation is 1. The number of hydrogen-bond acceptors (Lipinski definition) is 6. The number of ether oxygens (including phenoxy) is 1. The molecule has 2 N–H and O–H groups in total. The van der Waals surface area contributed by atoms with Crippen LogP contribution in [0.3, 0.4) is 0 Å². The lowest BCUT2D eigenvalue weighted by atomic mass is 9.87. The number of hydrogen-bond donors (Lipinski definition) is 2. The molecule has 1 fully saturated rings. The Kier molecular flexibility index (Phi) is 10.9. The molecule has 9 nitrogen and oxygen atoms in total. The molecule has 0 bridgehead atoms. The van der Waals surface area contributed by atoms with E-state index in [9.17, 15) is 0 Å². The Morgan fingerprint density at radius 2 is 1.79 bits per heavy atom. The Labute approximate surface area is 334 Å². The standard InChI is InChI=1S/C43H50BrF3N8O/c1-26-19-31-30-15-9-10-16-35(30)51-39(31)40(54(26)25-43(2,3)47)36-33(45)20-29(21-34(36)46)56-18-12-6-11-17-48-42-37(44)38(27-13-7-5-8-14-27)52-41-32(23-50-55(41)42)28-22-49-53(4)24-28/h9-10,15-16,20-24,26-27,40,48,51H,5-8,11-14,17-19,25H2,1-4H3/t26-,40-/m1/s1. The molecule has 2 atom stereocenters. The number of aromatic amines is 1. The number of nitrogens with one attached hydrogen (secondary N) is 2. The molecule has 6 aromatic rings. The van der Waals surface area contributed by atoms with Gasteiger partial charge < -0.3 is 15.0 Å². The van der Waals surface area contributed by atoms with Crippen molar-refractivity contribution in [1.29, 1.82) is 0 Å². The monoisotopic (exact) mass is 830 g/mol. The Hall–Kier alpha value is -4.36. The summed E-state index contributed by atoms with van der Waals surface area (Å²) in [4.78, 5) is 10.5. The van der Waals surface area contributed by atoms with Crippen LogP contribution in [0.1, 0.15) is 107 Å². The third kappa shape index (κ3) is 7.68. The topological polar surface area (TPSA) is 88.3 Å². The van der Waals surface area contributed by atoms with E-state index in [1.54, 1.807) is 4.68 Å². The lowest BCUT2D eigenvalue weighted by molar-refractivity contribution is 0.0642. The van der Waals surface area contributed by atoms with Gasteiger partial charge in [-0.15, -0.1) is 0 Å². The van der Waals surface area contributed by atoms with Crippen LogP contribution >= 0.6 is 15.9 Å². The van der Waals surface area contributed by atoms with Gasteiger partial charge in [-0.05, 0) is 86.9 Å². The molecule has 2 aliphatic rings. The van der Waals surface area contributed by atoms with Gasteiger partial charge in [0.05, 0.1) is 35.2 Å². The molecule has 0 radical (unpaired) electrons. The number of anilines is 1. The minimum Gasteiger partial charge on any atom is -0.493 e. The van der Waals surface area contributed by atoms with E-state index in [2.05, 4.69) is 31.3 Å². The number of halogens is 4. The highest BCUT2D eigenvalue weighted by Crippen LogP contribution is 2.44. The second kappa shape index (κ2) is 15.9. The van der Waals surface area contributed by atoms with E-state index < -0.39 is 23.3 Å². The van der Waals surface area contributed by atoms with Crippen LogP contribution in [-0.4, -0.2) is 65.7 Å². The number of nitrogens with zero attached hydrogens (tertiary/aromatic N) is 6. The average molecular weight is 832 g/mol. The highest BCUT2D eigenvalue weighted by atomic mass is 79.9. The molecule has 4 aromatic heterocycles. The molecule has 0 amide bonds. The van der Waals surface area contributed by atoms with E-state index >= 15 is 13.2 Å². The van der Waals surface area contributed by atoms with Gasteiger partial charge in [0.2, 0.25) is 0 Å². The Morgan fingerprint density at radius 1 is 1.02 bits per heavy atom. The zero-order valence-corrected chi connectivity index (χ0v) is 34.1. The van der Waals surface area contributed by atoms with Crippen LogP contribution in [0.5, 0.6) is 5.75 Å². The van der Waals surface area contributed by atoms with Gasteiger partial charge in [0.15, 0.2) is 5.65 Å². The summed E-state index contributed by atoms with van der Waals surface area (Å²) < 4.78 is 57.9. The van der Waals surface area contributed by atoms with Crippen molar-refractivity contribution in [3.05, 3.63) is 93.6 Å². The number of benzene rings is 2. The van der Waals surface area contributed by atoms with Crippen molar-refractivity contribution in [3.8, 4) is 16.9 Å². The van der Waals surface area contributed by atoms with Crippen molar-refractivity contribution in [3.63, 3.8) is 0 Å². The number of para-hydroxylation sites is 1. The van der Waals surface area contributed by atoms with Crippen LogP contribution in [-0.2, 0) is 13.5 Å². The smallest absolute Gasteiger partial charge is 0.165 e. The van der Waals surface area contributed by atoms with Gasteiger partial charge in [-0.25, -0.2) is 18.2 Å². The van der Waals surface area contributed by atoms with E-state index in [0.717, 1.165) is 74.9 Å². The quantitative estimate of drug-likeness (QED) is 0.113. The van der Waals surface area contributed by atoms with Crippen molar-refractivity contribution in [1.82, 2.24) is 34.3 Å². The molecule has 0 unspecified atom stereocenters. The molecular formula is C43H50BrF3N8O. The van der Waals surface area contributed by atoms with Gasteiger partial charge in [-0.1, -0.05) is 37.5 Å². The number of alkyl halides is 1. The summed E-state index contributed by atoms with van der Waals surface area (Å²) >= 11 is 3.90. The summed E-state index contributed by atoms with van der Waals surface area (Å²) in [5.41, 5.74) is 4.76. The summed E-state index contributed by atoms with van der Waals surface area (Å²) in [6.07, 6.45) is 14.6. The Morgan fingerprint density at radius 3 is 2.52 bits per heavy atom. The summed E-state index contributed by atoms with van der Waals surface area (Å²) in [6, 6.07) is 9.44. The van der Waals surface area contributed by atoms with Gasteiger partial charge in [-0.3, -0.25) is 9.58 Å². The van der Waals surface area contributed by atoms with Crippen molar-refractivity contribution >= 4 is 38.3 Å². The molecule has 0 saturated heterocycles. The normalized spacial score (nSPS) is 18.2. The first-order valence-electron chi connectivity index (χ1n) is 19.9. The first-order valence-corrected chi connectivity index (χ1v) is 20.7. The molecular weight excluding hydrogens is 781 g/mol. The minimum atomic E-state index is -1.57. The van der Waals surface area contributed by atoms with E-state index in [4.69, 9.17) is 14.8 Å². The predicted molar refractivity (Wildman–Crippen MR) is 218 cm³/mol. The second-order valence-corrected chi connectivity index (χ2v) is 17.0. The number of unbranched alkanes of at least 4 members (excludes halogenated alkanes) is 2. The molecule has 56 heavy (non-hydrogen) atoms. The maximum absolute atomic E-state index is 16.1. The number of aromatic nitrogens is 6. The van der Waals surface area contributed by atoms with Gasteiger partial charge >= 0.3 is 0 Å². The fraction of sp³-hybridized carbons (Fsp3) is 0.465. The Balaban J connectivity index is 0.934. The fourth-order valence-electron chi connectivity index (χ4n) is 8.76. The molecule has 1 aliphatic heterocycles. The molecule has 0 spiro atoms. The minimum absolute atomic E-state index is 0.0265. The van der Waals surface area contributed by atoms with Gasteiger partial charge in [-0.2, -0.15) is 14.7 Å². The highest BCUT2D eigenvalue weighted by Gasteiger charge is 2.41. The first kappa shape index (κ1) is 38.5. The third-order valence-electron chi connectivity index (χ3n) is 11.4. The van der Waals surface area contributed by atoms with E-state index in [1.165, 1.54) is 45.2 Å². The zero-order chi connectivity index (χ0) is 39.1. The number of rotatable bonds is 13. The van der Waals surface area contributed by atoms with E-state index in [-0.39, 0.29) is 23.9 Å². The van der Waals surface area contributed by atoms with Crippen molar-refractivity contribution in [2.45, 2.75) is 102 Å². The number of H-pyrrole nitrogens is 1. The summed E-state index contributed by atoms with van der Waals surface area (Å²) in [5, 5.41) is 13.7. The fourth-order valence-corrected chi connectivity index (χ4v) is 9.48. The van der Waals surface area contributed by atoms with E-state index in [0.29, 0.717) is 37.6 Å². The molecule has 2 aromatic carbocycles. The maximum Gasteiger partial charge on any atom is 0.165 e. The second-order valence-electron chi connectivity index (χ2n) is 16.2. The average Bonchev–Trinajstić information content (AvgIpc) is 3.89. The molecule has 13 heteroatoms. The van der Waals surface area contributed by atoms with Crippen LogP contribution in [0.4, 0.5) is 19.0 Å². The lowest BCUT2D eigenvalue weighted by Gasteiger charge is -2.43. The molecule has 5 heterocycles. The number of fused-ring (bicyclic) bond motifs is 4. The largest absolute Gasteiger partial charge is 0.493 e. The van der Waals surface area contributed by atoms with Crippen molar-refractivity contribution < 1.29 is 17.9 Å². The van der Waals surface area contributed by atoms with Gasteiger partial charge in [0.25, 0.3) is 0 Å². The van der Waals surface area contributed by atoms with Crippen LogP contribution in [0.25, 0.3) is 27.7 Å². The van der Waals surface area contributed by atoms with Gasteiger partial charge in [0, 0.05) is 83.7 Å². The van der Waals surface area contributed by atoms with Crippen LogP contribution in [0, 0.1) is 11.6 Å². The van der Waals surface area contributed by atoms with Gasteiger partial charge in [0.1, 0.15) is 28.9 Å². The lowest BCUT2D eigenvalue weighted by Crippen LogP contribution is -2.48. The molecule has 1 saturated carbocycles. The summed E-state index contributed by atoms with van der Waals surface area (Å²) in [7, 11) is 1.90. The first-order chi connectivity index (χ1) is 27.0. The molecule has 8 rings (SSSR count). The maximum atomic E-state index is 16.1. The third-order valence-corrected chi connectivity index (χ3v) is 12.2. The van der Waals surface area contributed by atoms with Crippen molar-refractivity contribution in [2.24, 2.45) is 7.05 Å². The highest BCUT2D eigenvalue weighted by molar-refractivity contribution is 9.10. The predicted octanol–water partition coefficient (Wildman–Crippen LogP) is 10.4. The van der Waals surface area contributed by atoms with Crippen LogP contribution in [0.2, 0.25) is 0 Å². The van der Waals surface area contributed by atoms with Crippen LogP contribution < -0.4 is 10.1 Å².